The number of unbranched alkanes of at least 4 members (excludes halogenated alkanes) is 1. The van der Waals surface area contributed by atoms with E-state index in [-0.39, 0.29) is 0 Å². The van der Waals surface area contributed by atoms with Gasteiger partial charge in [-0.1, -0.05) is 49.8 Å². The summed E-state index contributed by atoms with van der Waals surface area (Å²) in [6.07, 6.45) is 19.3. The fraction of sp³-hybridized carbons (Fsp3) is 0.593. The number of halogens is 1. The second-order valence-electron chi connectivity index (χ2n) is 9.14. The van der Waals surface area contributed by atoms with Crippen LogP contribution >= 0.6 is 0 Å². The Morgan fingerprint density at radius 1 is 1.00 bits per heavy atom. The molecule has 2 heteroatoms. The molecule has 2 saturated carbocycles. The van der Waals surface area contributed by atoms with Gasteiger partial charge in [0, 0.05) is 0 Å². The molecule has 3 rings (SSSR count). The third kappa shape index (κ3) is 6.56. The number of nitrogens with zero attached hydrogens (tertiary/aromatic N) is 1. The Hall–Kier alpha value is -1.88. The van der Waals surface area contributed by atoms with Crippen LogP contribution in [-0.2, 0) is 6.42 Å². The highest BCUT2D eigenvalue weighted by molar-refractivity contribution is 5.26. The van der Waals surface area contributed by atoms with Crippen molar-refractivity contribution < 1.29 is 4.39 Å². The normalized spacial score (nSPS) is 28.4. The average molecular weight is 394 g/mol. The van der Waals surface area contributed by atoms with Crippen molar-refractivity contribution >= 4 is 0 Å². The van der Waals surface area contributed by atoms with Gasteiger partial charge in [-0.2, -0.15) is 9.65 Å². The van der Waals surface area contributed by atoms with Crippen LogP contribution in [0.15, 0.2) is 48.3 Å². The van der Waals surface area contributed by atoms with Crippen molar-refractivity contribution in [3.05, 3.63) is 59.4 Å². The number of hydrogen-bond acceptors (Lipinski definition) is 1. The zero-order valence-electron chi connectivity index (χ0n) is 18.0. The molecule has 0 atom stereocenters. The fourth-order valence-corrected chi connectivity index (χ4v) is 5.40. The molecular weight excluding hydrogens is 357 g/mol. The molecule has 0 aromatic heterocycles. The average Bonchev–Trinajstić information content (AvgIpc) is 2.78. The summed E-state index contributed by atoms with van der Waals surface area (Å²) in [5.74, 6) is 2.38. The zero-order chi connectivity index (χ0) is 20.5. The third-order valence-corrected chi connectivity index (χ3v) is 7.26. The summed E-state index contributed by atoms with van der Waals surface area (Å²) in [6.45, 7) is 2.26. The highest BCUT2D eigenvalue weighted by Gasteiger charge is 2.30. The quantitative estimate of drug-likeness (QED) is 0.339. The van der Waals surface area contributed by atoms with Gasteiger partial charge in [0.1, 0.15) is 6.07 Å². The molecule has 1 aromatic rings. The van der Waals surface area contributed by atoms with Gasteiger partial charge in [-0.15, -0.1) is 0 Å². The summed E-state index contributed by atoms with van der Waals surface area (Å²) in [5.41, 5.74) is 3.04. The first-order chi connectivity index (χ1) is 14.2. The van der Waals surface area contributed by atoms with Crippen molar-refractivity contribution in [1.82, 2.24) is 0 Å². The largest absolute Gasteiger partial charge is 0.199 e. The van der Waals surface area contributed by atoms with E-state index in [2.05, 4.69) is 37.3 Å². The van der Waals surface area contributed by atoms with E-state index in [1.807, 2.05) is 0 Å². The standard InChI is InChI=1S/C27H36FN/c1-2-3-5-21-8-12-23(13-9-21)25-16-18-26(19-17-25)24-14-10-22(11-15-24)6-4-7-27(28)20-29/h4,6-9,12-13,22,24-26H,2-3,5,10-11,14-19H2,1H3/b6-4+,27-7-. The van der Waals surface area contributed by atoms with Crippen molar-refractivity contribution in [3.8, 4) is 6.07 Å². The van der Waals surface area contributed by atoms with Gasteiger partial charge in [-0.05, 0) is 105 Å². The summed E-state index contributed by atoms with van der Waals surface area (Å²) >= 11 is 0. The van der Waals surface area contributed by atoms with Crippen molar-refractivity contribution in [2.24, 2.45) is 17.8 Å². The van der Waals surface area contributed by atoms with Gasteiger partial charge in [-0.25, -0.2) is 0 Å². The van der Waals surface area contributed by atoms with Crippen molar-refractivity contribution in [1.29, 1.82) is 5.26 Å². The molecule has 156 valence electrons. The highest BCUT2D eigenvalue weighted by Crippen LogP contribution is 2.44. The molecule has 0 amide bonds. The minimum Gasteiger partial charge on any atom is -0.195 e. The highest BCUT2D eigenvalue weighted by atomic mass is 19.1. The molecular formula is C27H36FN. The van der Waals surface area contributed by atoms with Crippen LogP contribution in [0.4, 0.5) is 4.39 Å². The minimum atomic E-state index is -0.706. The van der Waals surface area contributed by atoms with Crippen LogP contribution in [-0.4, -0.2) is 0 Å². The second kappa shape index (κ2) is 11.3. The molecule has 2 fully saturated rings. The maximum atomic E-state index is 12.9. The van der Waals surface area contributed by atoms with E-state index in [9.17, 15) is 4.39 Å². The van der Waals surface area contributed by atoms with Crippen LogP contribution in [0.5, 0.6) is 0 Å². The van der Waals surface area contributed by atoms with Crippen LogP contribution in [0.3, 0.4) is 0 Å². The molecule has 0 radical (unpaired) electrons. The first kappa shape index (κ1) is 21.8. The number of benzene rings is 1. The Labute approximate surface area is 176 Å². The zero-order valence-corrected chi connectivity index (χ0v) is 18.0. The number of allylic oxidation sites excluding steroid dienone is 4. The van der Waals surface area contributed by atoms with E-state index in [4.69, 9.17) is 5.26 Å². The van der Waals surface area contributed by atoms with E-state index in [0.717, 1.165) is 17.8 Å². The Morgan fingerprint density at radius 2 is 1.62 bits per heavy atom. The summed E-state index contributed by atoms with van der Waals surface area (Å²) < 4.78 is 12.9. The van der Waals surface area contributed by atoms with Crippen molar-refractivity contribution in [2.45, 2.75) is 83.5 Å². The fourth-order valence-electron chi connectivity index (χ4n) is 5.40. The van der Waals surface area contributed by atoms with Crippen molar-refractivity contribution in [3.63, 3.8) is 0 Å². The SMILES string of the molecule is CCCCc1ccc(C2CCC(C3CCC(/C=C/C=C(\F)C#N)CC3)CC2)cc1. The molecule has 0 N–H and O–H groups in total. The van der Waals surface area contributed by atoms with Crippen LogP contribution in [0.2, 0.25) is 0 Å². The minimum absolute atomic E-state index is 0.552. The molecule has 0 unspecified atom stereocenters. The lowest BCUT2D eigenvalue weighted by Crippen LogP contribution is -2.25. The first-order valence-electron chi connectivity index (χ1n) is 11.7. The van der Waals surface area contributed by atoms with Gasteiger partial charge in [0.15, 0.2) is 5.83 Å². The van der Waals surface area contributed by atoms with E-state index >= 15 is 0 Å². The maximum absolute atomic E-state index is 12.9. The summed E-state index contributed by atoms with van der Waals surface area (Å²) in [4.78, 5) is 0. The van der Waals surface area contributed by atoms with E-state index in [0.29, 0.717) is 5.92 Å². The predicted octanol–water partition coefficient (Wildman–Crippen LogP) is 8.04. The molecule has 0 bridgehead atoms. The Balaban J connectivity index is 1.42. The summed E-state index contributed by atoms with van der Waals surface area (Å²) in [7, 11) is 0. The van der Waals surface area contributed by atoms with Crippen LogP contribution in [0.1, 0.15) is 88.2 Å². The molecule has 0 saturated heterocycles. The Kier molecular flexibility index (Phi) is 8.53. The monoisotopic (exact) mass is 393 g/mol. The molecule has 0 spiro atoms. The van der Waals surface area contributed by atoms with Gasteiger partial charge >= 0.3 is 0 Å². The molecule has 1 aromatic carbocycles. The van der Waals surface area contributed by atoms with Gasteiger partial charge < -0.3 is 0 Å². The number of rotatable bonds is 7. The molecule has 2 aliphatic carbocycles. The van der Waals surface area contributed by atoms with Crippen molar-refractivity contribution in [2.75, 3.05) is 0 Å². The summed E-state index contributed by atoms with van der Waals surface area (Å²) in [6, 6.07) is 11.0. The molecule has 0 aliphatic heterocycles. The Morgan fingerprint density at radius 3 is 2.21 bits per heavy atom. The van der Waals surface area contributed by atoms with Gasteiger partial charge in [0.05, 0.1) is 0 Å². The maximum Gasteiger partial charge on any atom is 0.199 e. The van der Waals surface area contributed by atoms with E-state index in [1.54, 1.807) is 11.6 Å². The summed E-state index contributed by atoms with van der Waals surface area (Å²) in [5, 5.41) is 8.46. The lowest BCUT2D eigenvalue weighted by Gasteiger charge is -2.37. The van der Waals surface area contributed by atoms with Gasteiger partial charge in [0.2, 0.25) is 0 Å². The molecule has 2 aliphatic rings. The second-order valence-corrected chi connectivity index (χ2v) is 9.14. The van der Waals surface area contributed by atoms with Crippen LogP contribution in [0.25, 0.3) is 0 Å². The third-order valence-electron chi connectivity index (χ3n) is 7.26. The molecule has 0 heterocycles. The number of aryl methyl sites for hydroxylation is 1. The van der Waals surface area contributed by atoms with Crippen LogP contribution in [0, 0.1) is 29.1 Å². The number of hydrogen-bond donors (Lipinski definition) is 0. The van der Waals surface area contributed by atoms with Gasteiger partial charge in [0.25, 0.3) is 0 Å². The lowest BCUT2D eigenvalue weighted by atomic mass is 9.68. The van der Waals surface area contributed by atoms with E-state index < -0.39 is 5.83 Å². The predicted molar refractivity (Wildman–Crippen MR) is 119 cm³/mol. The number of nitriles is 1. The van der Waals surface area contributed by atoms with Crippen LogP contribution < -0.4 is 0 Å². The molecule has 1 nitrogen and oxygen atoms in total. The first-order valence-corrected chi connectivity index (χ1v) is 11.7. The Bertz CT molecular complexity index is 708. The van der Waals surface area contributed by atoms with Gasteiger partial charge in [-0.3, -0.25) is 0 Å². The lowest BCUT2D eigenvalue weighted by molar-refractivity contribution is 0.171. The smallest absolute Gasteiger partial charge is 0.195 e. The van der Waals surface area contributed by atoms with E-state index in [1.165, 1.54) is 88.3 Å². The topological polar surface area (TPSA) is 23.8 Å². The molecule has 29 heavy (non-hydrogen) atoms.